The molecular formula is C38H52N8O3. The van der Waals surface area contributed by atoms with Crippen molar-refractivity contribution in [1.29, 1.82) is 0 Å². The van der Waals surface area contributed by atoms with Gasteiger partial charge in [0.1, 0.15) is 6.04 Å². The molecule has 7 rings (SSSR count). The van der Waals surface area contributed by atoms with Crippen LogP contribution >= 0.6 is 0 Å². The summed E-state index contributed by atoms with van der Waals surface area (Å²) in [5.74, 6) is 1.17. The number of nitrogens with zero attached hydrogens (tertiary/aromatic N) is 5. The Hall–Kier alpha value is -4.12. The molecule has 3 fully saturated rings. The van der Waals surface area contributed by atoms with E-state index in [1.807, 2.05) is 46.0 Å². The number of carbonyl (C=O) groups excluding carboxylic acids is 3. The van der Waals surface area contributed by atoms with Gasteiger partial charge < -0.3 is 30.2 Å². The van der Waals surface area contributed by atoms with Crippen molar-refractivity contribution in [1.82, 2.24) is 35.1 Å². The SMILES string of the molecule is Cc1cc(C(C)C(NC(=O)N2CCC(N3CCc4ccccc4NC3=O)CC2)C(=O)N2CCC(C3CCN(C)CC3)CC2)cc2cn[nH]c12. The van der Waals surface area contributed by atoms with Gasteiger partial charge in [0.15, 0.2) is 0 Å². The summed E-state index contributed by atoms with van der Waals surface area (Å²) in [5, 5.41) is 14.6. The molecule has 0 radical (unpaired) electrons. The molecule has 49 heavy (non-hydrogen) atoms. The number of H-pyrrole nitrogens is 1. The molecule has 3 N–H and O–H groups in total. The topological polar surface area (TPSA) is 117 Å². The van der Waals surface area contributed by atoms with Gasteiger partial charge in [-0.3, -0.25) is 9.89 Å². The molecule has 0 bridgehead atoms. The van der Waals surface area contributed by atoms with Crippen molar-refractivity contribution in [3.8, 4) is 0 Å². The first-order valence-corrected chi connectivity index (χ1v) is 18.4. The van der Waals surface area contributed by atoms with Crippen molar-refractivity contribution in [3.63, 3.8) is 0 Å². The Labute approximate surface area is 289 Å². The van der Waals surface area contributed by atoms with E-state index in [1.165, 1.54) is 12.8 Å². The van der Waals surface area contributed by atoms with Crippen molar-refractivity contribution in [2.45, 2.75) is 76.8 Å². The van der Waals surface area contributed by atoms with Crippen molar-refractivity contribution < 1.29 is 14.4 Å². The monoisotopic (exact) mass is 668 g/mol. The molecule has 5 amide bonds. The lowest BCUT2D eigenvalue weighted by atomic mass is 9.78. The lowest BCUT2D eigenvalue weighted by Crippen LogP contribution is -2.57. The van der Waals surface area contributed by atoms with Crippen molar-refractivity contribution in [2.75, 3.05) is 58.2 Å². The maximum absolute atomic E-state index is 14.4. The number of para-hydroxylation sites is 1. The van der Waals surface area contributed by atoms with Crippen LogP contribution in [-0.4, -0.2) is 113 Å². The largest absolute Gasteiger partial charge is 0.341 e. The highest BCUT2D eigenvalue weighted by Crippen LogP contribution is 2.34. The van der Waals surface area contributed by atoms with Gasteiger partial charge in [0, 0.05) is 55.8 Å². The quantitative estimate of drug-likeness (QED) is 0.335. The fourth-order valence-electron chi connectivity index (χ4n) is 8.75. The summed E-state index contributed by atoms with van der Waals surface area (Å²) in [4.78, 5) is 49.7. The number of amides is 5. The van der Waals surface area contributed by atoms with Crippen LogP contribution in [0.2, 0.25) is 0 Å². The fourth-order valence-corrected chi connectivity index (χ4v) is 8.75. The van der Waals surface area contributed by atoms with Crippen LogP contribution in [0.4, 0.5) is 15.3 Å². The van der Waals surface area contributed by atoms with Crippen LogP contribution in [0.25, 0.3) is 10.9 Å². The van der Waals surface area contributed by atoms with Gasteiger partial charge >= 0.3 is 12.1 Å². The number of aromatic amines is 1. The number of urea groups is 2. The number of benzene rings is 2. The zero-order chi connectivity index (χ0) is 34.1. The van der Waals surface area contributed by atoms with Crippen LogP contribution in [0.5, 0.6) is 0 Å². The maximum atomic E-state index is 14.4. The number of aromatic nitrogens is 2. The Kier molecular flexibility index (Phi) is 9.80. The maximum Gasteiger partial charge on any atom is 0.322 e. The third-order valence-corrected chi connectivity index (χ3v) is 12.0. The van der Waals surface area contributed by atoms with Crippen LogP contribution in [0.15, 0.2) is 42.6 Å². The second-order valence-electron chi connectivity index (χ2n) is 14.9. The predicted octanol–water partition coefficient (Wildman–Crippen LogP) is 5.19. The van der Waals surface area contributed by atoms with Crippen molar-refractivity contribution in [3.05, 3.63) is 59.3 Å². The molecule has 3 aromatic rings. The van der Waals surface area contributed by atoms with Gasteiger partial charge in [0.2, 0.25) is 5.91 Å². The molecular weight excluding hydrogens is 616 g/mol. The van der Waals surface area contributed by atoms with E-state index in [4.69, 9.17) is 0 Å². The molecule has 3 saturated heterocycles. The van der Waals surface area contributed by atoms with E-state index >= 15 is 0 Å². The number of anilines is 1. The van der Waals surface area contributed by atoms with Gasteiger partial charge in [0.25, 0.3) is 0 Å². The minimum atomic E-state index is -0.691. The Balaban J connectivity index is 1.02. The minimum absolute atomic E-state index is 0.00307. The first kappa shape index (κ1) is 33.4. The van der Waals surface area contributed by atoms with Crippen molar-refractivity contribution in [2.24, 2.45) is 11.8 Å². The molecule has 5 heterocycles. The Morgan fingerprint density at radius 3 is 2.31 bits per heavy atom. The normalized spacial score (nSPS) is 21.6. The van der Waals surface area contributed by atoms with Crippen LogP contribution in [0.3, 0.4) is 0 Å². The summed E-state index contributed by atoms with van der Waals surface area (Å²) in [5.41, 5.74) is 5.09. The zero-order valence-electron chi connectivity index (χ0n) is 29.3. The number of hydrogen-bond acceptors (Lipinski definition) is 5. The van der Waals surface area contributed by atoms with Gasteiger partial charge in [-0.25, -0.2) is 9.59 Å². The number of likely N-dealkylation sites (tertiary alicyclic amines) is 3. The molecule has 4 aliphatic heterocycles. The van der Waals surface area contributed by atoms with E-state index < -0.39 is 6.04 Å². The van der Waals surface area contributed by atoms with Crippen LogP contribution < -0.4 is 10.6 Å². The van der Waals surface area contributed by atoms with E-state index in [2.05, 4.69) is 57.9 Å². The molecule has 11 heteroatoms. The van der Waals surface area contributed by atoms with Crippen LogP contribution in [-0.2, 0) is 11.2 Å². The zero-order valence-corrected chi connectivity index (χ0v) is 29.3. The first-order chi connectivity index (χ1) is 23.7. The molecule has 2 unspecified atom stereocenters. The van der Waals surface area contributed by atoms with E-state index in [-0.39, 0.29) is 29.9 Å². The lowest BCUT2D eigenvalue weighted by Gasteiger charge is -2.41. The van der Waals surface area contributed by atoms with E-state index in [0.29, 0.717) is 38.4 Å². The third-order valence-electron chi connectivity index (χ3n) is 12.0. The van der Waals surface area contributed by atoms with Crippen molar-refractivity contribution >= 4 is 34.6 Å². The van der Waals surface area contributed by atoms with Gasteiger partial charge in [-0.15, -0.1) is 0 Å². The number of piperidine rings is 3. The van der Waals surface area contributed by atoms with Crippen LogP contribution in [0.1, 0.15) is 68.1 Å². The molecule has 2 aromatic carbocycles. The summed E-state index contributed by atoms with van der Waals surface area (Å²) in [6.07, 6.45) is 8.56. The molecule has 4 aliphatic rings. The van der Waals surface area contributed by atoms with E-state index in [9.17, 15) is 14.4 Å². The minimum Gasteiger partial charge on any atom is -0.341 e. The molecule has 2 atom stereocenters. The average Bonchev–Trinajstić information content (AvgIpc) is 3.54. The second-order valence-corrected chi connectivity index (χ2v) is 14.9. The molecule has 1 aromatic heterocycles. The number of nitrogens with one attached hydrogen (secondary N) is 3. The molecule has 0 aliphatic carbocycles. The number of rotatable bonds is 6. The lowest BCUT2D eigenvalue weighted by molar-refractivity contribution is -0.135. The first-order valence-electron chi connectivity index (χ1n) is 18.4. The summed E-state index contributed by atoms with van der Waals surface area (Å²) in [6, 6.07) is 11.3. The van der Waals surface area contributed by atoms with Gasteiger partial charge in [-0.05, 0) is 113 Å². The second kappa shape index (κ2) is 14.4. The molecule has 262 valence electrons. The van der Waals surface area contributed by atoms with Gasteiger partial charge in [0.05, 0.1) is 11.7 Å². The highest BCUT2D eigenvalue weighted by molar-refractivity contribution is 5.91. The third kappa shape index (κ3) is 7.13. The Morgan fingerprint density at radius 1 is 0.898 bits per heavy atom. The van der Waals surface area contributed by atoms with Gasteiger partial charge in [-0.2, -0.15) is 5.10 Å². The van der Waals surface area contributed by atoms with Crippen LogP contribution in [0, 0.1) is 18.8 Å². The summed E-state index contributed by atoms with van der Waals surface area (Å²) in [7, 11) is 2.20. The number of carbonyl (C=O) groups is 3. The summed E-state index contributed by atoms with van der Waals surface area (Å²) >= 11 is 0. The number of hydrogen-bond donors (Lipinski definition) is 3. The Morgan fingerprint density at radius 2 is 1.57 bits per heavy atom. The summed E-state index contributed by atoms with van der Waals surface area (Å²) < 4.78 is 0. The number of fused-ring (bicyclic) bond motifs is 2. The highest BCUT2D eigenvalue weighted by Gasteiger charge is 2.38. The standard InChI is InChI=1S/C38H52N8O3/c1-25-22-30(23-31-24-39-42-34(25)31)26(2)35(36(47)44-17-10-28(11-18-44)27-8-15-43(3)16-9-27)41-37(48)45-19-13-32(14-20-45)46-21-12-29-6-4-5-7-33(29)40-38(46)49/h4-7,22-24,26-28,32,35H,8-21H2,1-3H3,(H,39,42)(H,40,49)(H,41,48). The highest BCUT2D eigenvalue weighted by atomic mass is 16.2. The fraction of sp³-hybridized carbons (Fsp3) is 0.579. The molecule has 0 spiro atoms. The molecule has 0 saturated carbocycles. The summed E-state index contributed by atoms with van der Waals surface area (Å²) in [6.45, 7) is 9.62. The van der Waals surface area contributed by atoms with E-state index in [0.717, 1.165) is 84.6 Å². The predicted molar refractivity (Wildman–Crippen MR) is 192 cm³/mol. The average molecular weight is 669 g/mol. The smallest absolute Gasteiger partial charge is 0.322 e. The molecule has 11 nitrogen and oxygen atoms in total. The Bertz CT molecular complexity index is 1650. The number of aryl methyl sites for hydroxylation is 1. The van der Waals surface area contributed by atoms with E-state index in [1.54, 1.807) is 0 Å². The van der Waals surface area contributed by atoms with Gasteiger partial charge in [-0.1, -0.05) is 31.2 Å².